The van der Waals surface area contributed by atoms with Gasteiger partial charge in [0.1, 0.15) is 0 Å². The first-order chi connectivity index (χ1) is 7.78. The predicted octanol–water partition coefficient (Wildman–Crippen LogP) is -1.23. The maximum atomic E-state index is 11.4. The van der Waals surface area contributed by atoms with E-state index in [1.807, 2.05) is 32.8 Å². The molecule has 0 aliphatic heterocycles. The van der Waals surface area contributed by atoms with Crippen molar-refractivity contribution in [2.24, 2.45) is 11.1 Å². The molecule has 0 heterocycles. The zero-order chi connectivity index (χ0) is 13.5. The van der Waals surface area contributed by atoms with Crippen molar-refractivity contribution >= 4 is 11.8 Å². The molecule has 2 amide bonds. The van der Waals surface area contributed by atoms with Gasteiger partial charge >= 0.3 is 11.8 Å². The molecular formula is C11H24N4O2. The van der Waals surface area contributed by atoms with Crippen LogP contribution in [0.2, 0.25) is 0 Å². The van der Waals surface area contributed by atoms with E-state index in [-0.39, 0.29) is 5.41 Å². The minimum atomic E-state index is -0.629. The molecule has 0 aliphatic carbocycles. The molecule has 17 heavy (non-hydrogen) atoms. The second-order valence-corrected chi connectivity index (χ2v) is 5.13. The molecule has 0 bridgehead atoms. The molecule has 0 saturated carbocycles. The van der Waals surface area contributed by atoms with Crippen molar-refractivity contribution in [3.05, 3.63) is 0 Å². The number of hydrogen-bond acceptors (Lipinski definition) is 4. The quantitative estimate of drug-likeness (QED) is 0.510. The van der Waals surface area contributed by atoms with E-state index in [2.05, 4.69) is 10.6 Å². The van der Waals surface area contributed by atoms with Crippen molar-refractivity contribution in [1.29, 1.82) is 0 Å². The summed E-state index contributed by atoms with van der Waals surface area (Å²) >= 11 is 0. The van der Waals surface area contributed by atoms with Crippen LogP contribution < -0.4 is 16.4 Å². The minimum Gasteiger partial charge on any atom is -0.347 e. The molecule has 4 N–H and O–H groups in total. The highest BCUT2D eigenvalue weighted by Crippen LogP contribution is 2.13. The highest BCUT2D eigenvalue weighted by Gasteiger charge is 2.21. The Morgan fingerprint density at radius 2 is 1.71 bits per heavy atom. The van der Waals surface area contributed by atoms with Crippen molar-refractivity contribution < 1.29 is 9.59 Å². The van der Waals surface area contributed by atoms with E-state index in [0.29, 0.717) is 19.6 Å². The lowest BCUT2D eigenvalue weighted by molar-refractivity contribution is -0.139. The number of amides is 2. The van der Waals surface area contributed by atoms with Gasteiger partial charge in [-0.2, -0.15) is 0 Å². The third kappa shape index (κ3) is 7.70. The van der Waals surface area contributed by atoms with Crippen LogP contribution in [0.5, 0.6) is 0 Å². The van der Waals surface area contributed by atoms with E-state index >= 15 is 0 Å². The maximum Gasteiger partial charge on any atom is 0.309 e. The molecule has 0 saturated heterocycles. The number of nitrogens with two attached hydrogens (primary N) is 1. The Morgan fingerprint density at radius 3 is 2.18 bits per heavy atom. The summed E-state index contributed by atoms with van der Waals surface area (Å²) in [4.78, 5) is 24.7. The van der Waals surface area contributed by atoms with Crippen LogP contribution in [0.1, 0.15) is 13.8 Å². The zero-order valence-corrected chi connectivity index (χ0v) is 11.2. The molecule has 0 rings (SSSR count). The molecular weight excluding hydrogens is 220 g/mol. The van der Waals surface area contributed by atoms with Crippen LogP contribution >= 0.6 is 0 Å². The Morgan fingerprint density at radius 1 is 1.18 bits per heavy atom. The fraction of sp³-hybridized carbons (Fsp3) is 0.818. The summed E-state index contributed by atoms with van der Waals surface area (Å²) in [6.45, 7) is 5.99. The summed E-state index contributed by atoms with van der Waals surface area (Å²) < 4.78 is 0. The third-order valence-electron chi connectivity index (χ3n) is 2.11. The summed E-state index contributed by atoms with van der Waals surface area (Å²) in [7, 11) is 3.94. The molecule has 0 aliphatic rings. The first kappa shape index (κ1) is 15.9. The van der Waals surface area contributed by atoms with E-state index in [0.717, 1.165) is 6.54 Å². The molecule has 0 radical (unpaired) electrons. The second kappa shape index (κ2) is 7.24. The van der Waals surface area contributed by atoms with Gasteiger partial charge in [0.05, 0.1) is 0 Å². The van der Waals surface area contributed by atoms with Crippen LogP contribution in [0, 0.1) is 5.41 Å². The molecule has 100 valence electrons. The lowest BCUT2D eigenvalue weighted by Crippen LogP contribution is -2.46. The van der Waals surface area contributed by atoms with Gasteiger partial charge in [-0.05, 0) is 19.5 Å². The van der Waals surface area contributed by atoms with Gasteiger partial charge in [0, 0.05) is 26.2 Å². The number of nitrogens with zero attached hydrogens (tertiary/aromatic N) is 1. The van der Waals surface area contributed by atoms with Gasteiger partial charge in [-0.15, -0.1) is 0 Å². The Bertz CT molecular complexity index is 264. The van der Waals surface area contributed by atoms with Crippen LogP contribution in [-0.4, -0.2) is 57.0 Å². The molecule has 0 aromatic rings. The van der Waals surface area contributed by atoms with E-state index in [1.165, 1.54) is 0 Å². The summed E-state index contributed by atoms with van der Waals surface area (Å²) in [6.07, 6.45) is 0. The second-order valence-electron chi connectivity index (χ2n) is 5.13. The van der Waals surface area contributed by atoms with Gasteiger partial charge in [-0.1, -0.05) is 13.8 Å². The van der Waals surface area contributed by atoms with Gasteiger partial charge in [-0.25, -0.2) is 0 Å². The molecule has 6 heteroatoms. The SMILES string of the molecule is CN(C)CC(C)(C)CNC(=O)C(=O)NCCN. The van der Waals surface area contributed by atoms with Crippen LogP contribution in [0.25, 0.3) is 0 Å². The van der Waals surface area contributed by atoms with Crippen molar-refractivity contribution in [2.45, 2.75) is 13.8 Å². The molecule has 6 nitrogen and oxygen atoms in total. The standard InChI is InChI=1S/C11H24N4O2/c1-11(2,8-15(3)4)7-14-10(17)9(16)13-6-5-12/h5-8,12H2,1-4H3,(H,13,16)(H,14,17). The van der Waals surface area contributed by atoms with E-state index in [4.69, 9.17) is 5.73 Å². The van der Waals surface area contributed by atoms with Crippen molar-refractivity contribution in [3.63, 3.8) is 0 Å². The summed E-state index contributed by atoms with van der Waals surface area (Å²) in [5, 5.41) is 5.04. The van der Waals surface area contributed by atoms with Crippen molar-refractivity contribution in [3.8, 4) is 0 Å². The Labute approximate surface area is 103 Å². The van der Waals surface area contributed by atoms with E-state index in [9.17, 15) is 9.59 Å². The van der Waals surface area contributed by atoms with Gasteiger partial charge < -0.3 is 21.3 Å². The summed E-state index contributed by atoms with van der Waals surface area (Å²) in [6, 6.07) is 0. The number of carbonyl (C=O) groups excluding carboxylic acids is 2. The van der Waals surface area contributed by atoms with Crippen LogP contribution in [0.3, 0.4) is 0 Å². The Hall–Kier alpha value is -1.14. The van der Waals surface area contributed by atoms with Crippen molar-refractivity contribution in [1.82, 2.24) is 15.5 Å². The first-order valence-corrected chi connectivity index (χ1v) is 5.69. The van der Waals surface area contributed by atoms with Crippen LogP contribution in [-0.2, 0) is 9.59 Å². The molecule has 0 atom stereocenters. The van der Waals surface area contributed by atoms with Crippen LogP contribution in [0.15, 0.2) is 0 Å². The third-order valence-corrected chi connectivity index (χ3v) is 2.11. The maximum absolute atomic E-state index is 11.4. The fourth-order valence-corrected chi connectivity index (χ4v) is 1.58. The lowest BCUT2D eigenvalue weighted by atomic mass is 9.93. The monoisotopic (exact) mass is 244 g/mol. The first-order valence-electron chi connectivity index (χ1n) is 5.69. The lowest BCUT2D eigenvalue weighted by Gasteiger charge is -2.28. The molecule has 0 aromatic heterocycles. The Kier molecular flexibility index (Phi) is 6.75. The topological polar surface area (TPSA) is 87.5 Å². The number of hydrogen-bond donors (Lipinski definition) is 3. The largest absolute Gasteiger partial charge is 0.347 e. The number of carbonyl (C=O) groups is 2. The van der Waals surface area contributed by atoms with Gasteiger partial charge in [0.2, 0.25) is 0 Å². The predicted molar refractivity (Wildman–Crippen MR) is 67.4 cm³/mol. The Balaban J connectivity index is 4.01. The summed E-state index contributed by atoms with van der Waals surface area (Å²) in [5.74, 6) is -1.23. The molecule has 0 unspecified atom stereocenters. The van der Waals surface area contributed by atoms with Gasteiger partial charge in [0.25, 0.3) is 0 Å². The average molecular weight is 244 g/mol. The fourth-order valence-electron chi connectivity index (χ4n) is 1.58. The van der Waals surface area contributed by atoms with Crippen LogP contribution in [0.4, 0.5) is 0 Å². The minimum absolute atomic E-state index is 0.0761. The van der Waals surface area contributed by atoms with E-state index < -0.39 is 11.8 Å². The zero-order valence-electron chi connectivity index (χ0n) is 11.2. The highest BCUT2D eigenvalue weighted by molar-refractivity contribution is 6.35. The van der Waals surface area contributed by atoms with Crippen molar-refractivity contribution in [2.75, 3.05) is 40.3 Å². The number of rotatable bonds is 6. The highest BCUT2D eigenvalue weighted by atomic mass is 16.2. The summed E-state index contributed by atoms with van der Waals surface area (Å²) in [5.41, 5.74) is 5.15. The average Bonchev–Trinajstić information content (AvgIpc) is 2.20. The van der Waals surface area contributed by atoms with Gasteiger partial charge in [0.15, 0.2) is 0 Å². The molecule has 0 aromatic carbocycles. The normalized spacial score (nSPS) is 11.4. The van der Waals surface area contributed by atoms with E-state index in [1.54, 1.807) is 0 Å². The van der Waals surface area contributed by atoms with Gasteiger partial charge in [-0.3, -0.25) is 9.59 Å². The number of nitrogens with one attached hydrogen (secondary N) is 2. The smallest absolute Gasteiger partial charge is 0.309 e. The molecule has 0 spiro atoms. The molecule has 0 fully saturated rings.